The van der Waals surface area contributed by atoms with Crippen LogP contribution in [-0.2, 0) is 9.59 Å². The van der Waals surface area contributed by atoms with E-state index in [1.54, 1.807) is 30.5 Å². The van der Waals surface area contributed by atoms with Crippen molar-refractivity contribution in [3.05, 3.63) is 102 Å². The molecular weight excluding hydrogens is 411 g/mol. The number of carbonyl (C=O) groups is 2. The normalized spacial score (nSPS) is 17.9. The maximum Gasteiger partial charge on any atom is 0.300 e. The Labute approximate surface area is 181 Å². The molecular formula is C25H17FN2O4. The van der Waals surface area contributed by atoms with Gasteiger partial charge in [0.25, 0.3) is 11.7 Å². The summed E-state index contributed by atoms with van der Waals surface area (Å²) in [5.41, 5.74) is 1.54. The predicted octanol–water partition coefficient (Wildman–Crippen LogP) is 4.64. The zero-order valence-electron chi connectivity index (χ0n) is 16.6. The Kier molecular flexibility index (Phi) is 4.52. The molecule has 1 saturated heterocycles. The minimum absolute atomic E-state index is 0.0700. The molecule has 5 rings (SSSR count). The molecule has 32 heavy (non-hydrogen) atoms. The second-order valence-corrected chi connectivity index (χ2v) is 7.49. The second kappa shape index (κ2) is 7.39. The van der Waals surface area contributed by atoms with Crippen LogP contribution in [-0.4, -0.2) is 26.9 Å². The minimum Gasteiger partial charge on any atom is -0.508 e. The summed E-state index contributed by atoms with van der Waals surface area (Å²) < 4.78 is 14.0. The van der Waals surface area contributed by atoms with Gasteiger partial charge in [-0.1, -0.05) is 36.4 Å². The molecule has 1 amide bonds. The Hall–Kier alpha value is -4.39. The highest BCUT2D eigenvalue weighted by Gasteiger charge is 2.47. The quantitative estimate of drug-likeness (QED) is 0.252. The molecule has 1 aliphatic heterocycles. The molecule has 4 aromatic rings. The highest BCUT2D eigenvalue weighted by atomic mass is 19.1. The molecule has 0 radical (unpaired) electrons. The van der Waals surface area contributed by atoms with Gasteiger partial charge in [0.1, 0.15) is 17.3 Å². The van der Waals surface area contributed by atoms with E-state index >= 15 is 0 Å². The number of para-hydroxylation sites is 1. The van der Waals surface area contributed by atoms with Crippen molar-refractivity contribution in [2.45, 2.75) is 6.04 Å². The maximum absolute atomic E-state index is 14.0. The lowest BCUT2D eigenvalue weighted by Crippen LogP contribution is -2.29. The number of hydrogen-bond acceptors (Lipinski definition) is 4. The summed E-state index contributed by atoms with van der Waals surface area (Å²) in [5, 5.41) is 21.9. The van der Waals surface area contributed by atoms with Crippen LogP contribution in [0.4, 0.5) is 10.1 Å². The number of aliphatic hydroxyl groups is 1. The minimum atomic E-state index is -1.06. The lowest BCUT2D eigenvalue weighted by molar-refractivity contribution is -0.132. The zero-order chi connectivity index (χ0) is 22.4. The Bertz CT molecular complexity index is 1420. The number of nitrogens with zero attached hydrogens (tertiary/aromatic N) is 1. The first-order valence-corrected chi connectivity index (χ1v) is 9.87. The number of Topliss-reactive ketones (excluding diaryl/α,β-unsaturated/α-hetero) is 1. The van der Waals surface area contributed by atoms with Gasteiger partial charge in [-0.25, -0.2) is 4.39 Å². The number of hydrogen-bond donors (Lipinski definition) is 3. The van der Waals surface area contributed by atoms with Crippen LogP contribution in [0.1, 0.15) is 17.2 Å². The number of fused-ring (bicyclic) bond motifs is 1. The molecule has 1 aliphatic rings. The lowest BCUT2D eigenvalue weighted by Gasteiger charge is -2.25. The van der Waals surface area contributed by atoms with Gasteiger partial charge in [-0.2, -0.15) is 0 Å². The van der Waals surface area contributed by atoms with E-state index in [2.05, 4.69) is 4.98 Å². The highest BCUT2D eigenvalue weighted by Crippen LogP contribution is 2.43. The first-order valence-electron chi connectivity index (χ1n) is 9.87. The van der Waals surface area contributed by atoms with Crippen molar-refractivity contribution in [2.75, 3.05) is 4.90 Å². The number of aromatic nitrogens is 1. The fraction of sp³-hybridized carbons (Fsp3) is 0.0400. The van der Waals surface area contributed by atoms with Crippen molar-refractivity contribution in [3.8, 4) is 5.75 Å². The molecule has 158 valence electrons. The summed E-state index contributed by atoms with van der Waals surface area (Å²) in [7, 11) is 0. The van der Waals surface area contributed by atoms with Crippen LogP contribution in [0.5, 0.6) is 5.75 Å². The summed E-state index contributed by atoms with van der Waals surface area (Å²) >= 11 is 0. The van der Waals surface area contributed by atoms with Crippen molar-refractivity contribution in [1.29, 1.82) is 0 Å². The zero-order valence-corrected chi connectivity index (χ0v) is 16.6. The molecule has 2 heterocycles. The summed E-state index contributed by atoms with van der Waals surface area (Å²) in [6.07, 6.45) is 1.56. The highest BCUT2D eigenvalue weighted by molar-refractivity contribution is 6.51. The third kappa shape index (κ3) is 3.02. The first-order chi connectivity index (χ1) is 15.5. The number of carbonyl (C=O) groups excluding carboxylic acids is 2. The molecule has 1 atom stereocenters. The van der Waals surface area contributed by atoms with E-state index in [0.29, 0.717) is 16.5 Å². The molecule has 0 saturated carbocycles. The number of H-pyrrole nitrogens is 1. The van der Waals surface area contributed by atoms with E-state index in [-0.39, 0.29) is 22.8 Å². The number of rotatable bonds is 3. The number of aliphatic hydroxyl groups excluding tert-OH is 1. The summed E-state index contributed by atoms with van der Waals surface area (Å²) in [4.78, 5) is 30.4. The topological polar surface area (TPSA) is 93.6 Å². The summed E-state index contributed by atoms with van der Waals surface area (Å²) in [5.74, 6) is -2.79. The number of aromatic hydroxyl groups is 1. The van der Waals surface area contributed by atoms with Gasteiger partial charge in [0.2, 0.25) is 0 Å². The monoisotopic (exact) mass is 428 g/mol. The molecule has 0 spiro atoms. The number of halogens is 1. The van der Waals surface area contributed by atoms with E-state index in [4.69, 9.17) is 0 Å². The Morgan fingerprint density at radius 1 is 0.969 bits per heavy atom. The third-order valence-electron chi connectivity index (χ3n) is 5.56. The SMILES string of the molecule is O=C1C(=O)N(c2cccc(F)c2)C(c2cccc(O)c2)/C1=C(/O)c1c[nH]c2ccccc12. The molecule has 1 unspecified atom stereocenters. The number of benzene rings is 3. The van der Waals surface area contributed by atoms with E-state index in [1.807, 2.05) is 12.1 Å². The van der Waals surface area contributed by atoms with Gasteiger partial charge in [0, 0.05) is 28.4 Å². The molecule has 1 aromatic heterocycles. The molecule has 0 bridgehead atoms. The van der Waals surface area contributed by atoms with Gasteiger partial charge in [-0.05, 0) is 42.0 Å². The van der Waals surface area contributed by atoms with Crippen molar-refractivity contribution in [1.82, 2.24) is 4.98 Å². The average molecular weight is 428 g/mol. The van der Waals surface area contributed by atoms with E-state index in [0.717, 1.165) is 16.5 Å². The first kappa shape index (κ1) is 19.6. The second-order valence-electron chi connectivity index (χ2n) is 7.49. The number of ketones is 1. The van der Waals surface area contributed by atoms with Gasteiger partial charge in [-0.15, -0.1) is 0 Å². The number of aromatic amines is 1. The molecule has 7 heteroatoms. The third-order valence-corrected chi connectivity index (χ3v) is 5.56. The number of amides is 1. The van der Waals surface area contributed by atoms with Crippen LogP contribution < -0.4 is 4.90 Å². The van der Waals surface area contributed by atoms with Crippen molar-refractivity contribution in [3.63, 3.8) is 0 Å². The fourth-order valence-electron chi connectivity index (χ4n) is 4.15. The summed E-state index contributed by atoms with van der Waals surface area (Å²) in [6, 6.07) is 17.6. The Morgan fingerprint density at radius 3 is 2.53 bits per heavy atom. The van der Waals surface area contributed by atoms with Crippen LogP contribution in [0.2, 0.25) is 0 Å². The van der Waals surface area contributed by atoms with E-state index in [9.17, 15) is 24.2 Å². The number of anilines is 1. The van der Waals surface area contributed by atoms with Crippen molar-refractivity contribution >= 4 is 34.0 Å². The molecule has 3 N–H and O–H groups in total. The van der Waals surface area contributed by atoms with E-state index in [1.165, 1.54) is 30.3 Å². The smallest absolute Gasteiger partial charge is 0.300 e. The summed E-state index contributed by atoms with van der Waals surface area (Å²) in [6.45, 7) is 0. The molecule has 1 fully saturated rings. The Morgan fingerprint density at radius 2 is 1.75 bits per heavy atom. The lowest BCUT2D eigenvalue weighted by atomic mass is 9.95. The standard InChI is InChI=1S/C25H17FN2O4/c26-15-6-4-7-16(12-15)28-22(14-5-3-8-17(29)11-14)21(24(31)25(28)32)23(30)19-13-27-20-10-2-1-9-18(19)20/h1-13,22,27,29-30H/b23-21-. The van der Waals surface area contributed by atoms with Crippen molar-refractivity contribution in [2.24, 2.45) is 0 Å². The number of phenols is 1. The van der Waals surface area contributed by atoms with E-state index < -0.39 is 23.5 Å². The van der Waals surface area contributed by atoms with Crippen LogP contribution >= 0.6 is 0 Å². The van der Waals surface area contributed by atoms with Crippen LogP contribution in [0, 0.1) is 5.82 Å². The Balaban J connectivity index is 1.77. The van der Waals surface area contributed by atoms with Gasteiger partial charge < -0.3 is 15.2 Å². The van der Waals surface area contributed by atoms with Crippen LogP contribution in [0.25, 0.3) is 16.7 Å². The van der Waals surface area contributed by atoms with Gasteiger partial charge >= 0.3 is 0 Å². The number of nitrogens with one attached hydrogen (secondary N) is 1. The number of phenolic OH excluding ortho intramolecular Hbond substituents is 1. The van der Waals surface area contributed by atoms with Gasteiger partial charge in [0.05, 0.1) is 11.6 Å². The van der Waals surface area contributed by atoms with Gasteiger partial charge in [0.15, 0.2) is 0 Å². The molecule has 6 nitrogen and oxygen atoms in total. The van der Waals surface area contributed by atoms with Gasteiger partial charge in [-0.3, -0.25) is 14.5 Å². The fourth-order valence-corrected chi connectivity index (χ4v) is 4.15. The molecule has 3 aromatic carbocycles. The maximum atomic E-state index is 14.0. The largest absolute Gasteiger partial charge is 0.508 e. The van der Waals surface area contributed by atoms with Crippen LogP contribution in [0.15, 0.2) is 84.6 Å². The molecule has 0 aliphatic carbocycles. The predicted molar refractivity (Wildman–Crippen MR) is 118 cm³/mol. The average Bonchev–Trinajstić information content (AvgIpc) is 3.33. The van der Waals surface area contributed by atoms with Crippen LogP contribution in [0.3, 0.4) is 0 Å². The van der Waals surface area contributed by atoms with Crippen molar-refractivity contribution < 1.29 is 24.2 Å².